The standard InChI is InChI=1S/C25H41NO3.K/c1-3-4-5-6-7-8-9-10-11-12-13-14-18-21-24(27)26(22(2)25(28)29)23-19-16-15-17-20-23;/h15-17,19-20,22H,3-14,18,21H2,1-2H3,(H,28,29);/q;+1/p-1/t22-;/m0./s1. The zero-order chi connectivity index (χ0) is 21.3. The molecule has 5 heteroatoms. The summed E-state index contributed by atoms with van der Waals surface area (Å²) in [7, 11) is 0. The first-order valence-corrected chi connectivity index (χ1v) is 11.7. The molecule has 4 nitrogen and oxygen atoms in total. The summed E-state index contributed by atoms with van der Waals surface area (Å²) in [4.78, 5) is 25.3. The van der Waals surface area contributed by atoms with Gasteiger partial charge >= 0.3 is 51.4 Å². The first-order valence-electron chi connectivity index (χ1n) is 11.7. The summed E-state index contributed by atoms with van der Waals surface area (Å²) in [5, 5.41) is 11.3. The SMILES string of the molecule is CCCCCCCCCCCCCCCC(=O)N(c1ccccc1)[C@@H](C)C(=O)[O-].[K+]. The smallest absolute Gasteiger partial charge is 0.548 e. The van der Waals surface area contributed by atoms with Crippen LogP contribution in [0.4, 0.5) is 5.69 Å². The zero-order valence-electron chi connectivity index (χ0n) is 19.5. The summed E-state index contributed by atoms with van der Waals surface area (Å²) < 4.78 is 0. The van der Waals surface area contributed by atoms with E-state index in [1.807, 2.05) is 18.2 Å². The number of rotatable bonds is 17. The number of amides is 1. The van der Waals surface area contributed by atoms with Gasteiger partial charge in [0.2, 0.25) is 5.91 Å². The van der Waals surface area contributed by atoms with Crippen LogP contribution in [-0.4, -0.2) is 17.9 Å². The normalized spacial score (nSPS) is 11.5. The number of nitrogens with zero attached hydrogens (tertiary/aromatic N) is 1. The number of anilines is 1. The van der Waals surface area contributed by atoms with Crippen molar-refractivity contribution in [2.45, 2.75) is 110 Å². The molecule has 0 spiro atoms. The van der Waals surface area contributed by atoms with Gasteiger partial charge in [-0.15, -0.1) is 0 Å². The van der Waals surface area contributed by atoms with E-state index in [0.29, 0.717) is 12.1 Å². The second kappa shape index (κ2) is 19.5. The molecular weight excluding hydrogens is 401 g/mol. The van der Waals surface area contributed by atoms with E-state index in [-0.39, 0.29) is 57.3 Å². The molecule has 0 aliphatic rings. The van der Waals surface area contributed by atoms with Crippen molar-refractivity contribution in [3.63, 3.8) is 0 Å². The number of carboxylic acids is 1. The molecule has 1 atom stereocenters. The number of carbonyl (C=O) groups is 2. The number of aliphatic carboxylic acids is 1. The molecule has 0 aromatic heterocycles. The molecular formula is C25H40KNO3. The van der Waals surface area contributed by atoms with Crippen LogP contribution in [0.1, 0.15) is 104 Å². The molecule has 0 aliphatic heterocycles. The topological polar surface area (TPSA) is 60.4 Å². The largest absolute Gasteiger partial charge is 1.00 e. The molecule has 0 saturated heterocycles. The minimum absolute atomic E-state index is 0. The average Bonchev–Trinajstić information content (AvgIpc) is 2.72. The number of carbonyl (C=O) groups excluding carboxylic acids is 2. The molecule has 0 saturated carbocycles. The average molecular weight is 442 g/mol. The number of para-hydroxylation sites is 1. The van der Waals surface area contributed by atoms with E-state index >= 15 is 0 Å². The second-order valence-corrected chi connectivity index (χ2v) is 8.09. The van der Waals surface area contributed by atoms with Crippen LogP contribution < -0.4 is 61.4 Å². The van der Waals surface area contributed by atoms with Gasteiger partial charge in [-0.1, -0.05) is 102 Å². The molecule has 0 bridgehead atoms. The van der Waals surface area contributed by atoms with Crippen molar-refractivity contribution in [3.05, 3.63) is 30.3 Å². The van der Waals surface area contributed by atoms with E-state index < -0.39 is 12.0 Å². The molecule has 164 valence electrons. The van der Waals surface area contributed by atoms with E-state index in [1.165, 1.54) is 76.0 Å². The van der Waals surface area contributed by atoms with E-state index in [9.17, 15) is 14.7 Å². The Morgan fingerprint density at radius 1 is 0.800 bits per heavy atom. The molecule has 1 aromatic carbocycles. The van der Waals surface area contributed by atoms with Gasteiger partial charge in [0.25, 0.3) is 0 Å². The Bertz CT molecular complexity index is 565. The maximum Gasteiger partial charge on any atom is 1.00 e. The Kier molecular flexibility index (Phi) is 19.3. The van der Waals surface area contributed by atoms with Crippen LogP contribution in [0.3, 0.4) is 0 Å². The predicted octanol–water partition coefficient (Wildman–Crippen LogP) is 2.64. The predicted molar refractivity (Wildman–Crippen MR) is 119 cm³/mol. The first kappa shape index (κ1) is 29.8. The third kappa shape index (κ3) is 13.3. The molecule has 0 heterocycles. The van der Waals surface area contributed by atoms with Crippen LogP contribution in [0, 0.1) is 0 Å². The summed E-state index contributed by atoms with van der Waals surface area (Å²) in [6.07, 6.45) is 16.7. The summed E-state index contributed by atoms with van der Waals surface area (Å²) >= 11 is 0. The Morgan fingerprint density at radius 3 is 1.67 bits per heavy atom. The third-order valence-corrected chi connectivity index (χ3v) is 5.53. The quantitative estimate of drug-likeness (QED) is 0.276. The van der Waals surface area contributed by atoms with Crippen LogP contribution in [0.15, 0.2) is 30.3 Å². The molecule has 30 heavy (non-hydrogen) atoms. The van der Waals surface area contributed by atoms with Crippen LogP contribution in [0.2, 0.25) is 0 Å². The molecule has 1 rings (SSSR count). The van der Waals surface area contributed by atoms with Crippen molar-refractivity contribution in [1.29, 1.82) is 0 Å². The van der Waals surface area contributed by atoms with E-state index in [2.05, 4.69) is 6.92 Å². The number of benzene rings is 1. The van der Waals surface area contributed by atoms with E-state index in [1.54, 1.807) is 12.1 Å². The van der Waals surface area contributed by atoms with Gasteiger partial charge in [-0.3, -0.25) is 4.79 Å². The van der Waals surface area contributed by atoms with Crippen molar-refractivity contribution in [3.8, 4) is 0 Å². The first-order chi connectivity index (χ1) is 14.1. The van der Waals surface area contributed by atoms with Crippen molar-refractivity contribution in [2.24, 2.45) is 0 Å². The van der Waals surface area contributed by atoms with Crippen molar-refractivity contribution in [2.75, 3.05) is 4.90 Å². The van der Waals surface area contributed by atoms with Gasteiger partial charge in [0.1, 0.15) is 0 Å². The van der Waals surface area contributed by atoms with Crippen LogP contribution in [0.25, 0.3) is 0 Å². The van der Waals surface area contributed by atoms with Crippen LogP contribution >= 0.6 is 0 Å². The van der Waals surface area contributed by atoms with Gasteiger partial charge in [0.05, 0.1) is 12.0 Å². The summed E-state index contributed by atoms with van der Waals surface area (Å²) in [6.45, 7) is 3.76. The fraction of sp³-hybridized carbons (Fsp3) is 0.680. The molecule has 0 N–H and O–H groups in total. The maximum atomic E-state index is 12.6. The van der Waals surface area contributed by atoms with Crippen molar-refractivity contribution >= 4 is 17.6 Å². The Labute approximate surface area is 226 Å². The number of hydrogen-bond donors (Lipinski definition) is 0. The van der Waals surface area contributed by atoms with Gasteiger partial charge in [-0.2, -0.15) is 0 Å². The van der Waals surface area contributed by atoms with Gasteiger partial charge in [-0.05, 0) is 25.5 Å². The van der Waals surface area contributed by atoms with Gasteiger partial charge in [-0.25, -0.2) is 0 Å². The number of hydrogen-bond acceptors (Lipinski definition) is 3. The summed E-state index contributed by atoms with van der Waals surface area (Å²) in [5.41, 5.74) is 0.615. The van der Waals surface area contributed by atoms with Gasteiger partial charge in [0.15, 0.2) is 0 Å². The van der Waals surface area contributed by atoms with Crippen LogP contribution in [0.5, 0.6) is 0 Å². The molecule has 1 aromatic rings. The Hall–Kier alpha value is -0.204. The fourth-order valence-corrected chi connectivity index (χ4v) is 3.69. The monoisotopic (exact) mass is 441 g/mol. The van der Waals surface area contributed by atoms with Gasteiger partial charge < -0.3 is 14.8 Å². The molecule has 0 radical (unpaired) electrons. The molecule has 1 amide bonds. The van der Waals surface area contributed by atoms with E-state index in [4.69, 9.17) is 0 Å². The number of carboxylic acid groups (broad SMARTS) is 1. The number of unbranched alkanes of at least 4 members (excludes halogenated alkanes) is 12. The second-order valence-electron chi connectivity index (χ2n) is 8.09. The minimum atomic E-state index is -1.23. The third-order valence-electron chi connectivity index (χ3n) is 5.53. The Morgan fingerprint density at radius 2 is 1.23 bits per heavy atom. The Balaban J connectivity index is 0.00000841. The zero-order valence-corrected chi connectivity index (χ0v) is 22.7. The fourth-order valence-electron chi connectivity index (χ4n) is 3.69. The van der Waals surface area contributed by atoms with Crippen molar-refractivity contribution < 1.29 is 66.1 Å². The van der Waals surface area contributed by atoms with Crippen molar-refractivity contribution in [1.82, 2.24) is 0 Å². The van der Waals surface area contributed by atoms with Crippen LogP contribution in [-0.2, 0) is 9.59 Å². The molecule has 0 fully saturated rings. The van der Waals surface area contributed by atoms with E-state index in [0.717, 1.165) is 19.3 Å². The molecule has 0 unspecified atom stereocenters. The minimum Gasteiger partial charge on any atom is -0.548 e. The summed E-state index contributed by atoms with van der Waals surface area (Å²) in [6, 6.07) is 8.03. The maximum absolute atomic E-state index is 12.6. The van der Waals surface area contributed by atoms with Gasteiger partial charge in [0, 0.05) is 12.1 Å². The molecule has 0 aliphatic carbocycles. The summed E-state index contributed by atoms with van der Waals surface area (Å²) in [5.74, 6) is -1.37.